The quantitative estimate of drug-likeness (QED) is 0.695. The van der Waals surface area contributed by atoms with E-state index in [2.05, 4.69) is 26.9 Å². The molecule has 0 N–H and O–H groups in total. The van der Waals surface area contributed by atoms with Gasteiger partial charge in [0, 0.05) is 39.1 Å². The lowest BCUT2D eigenvalue weighted by molar-refractivity contribution is 0.192. The molecule has 1 aliphatic heterocycles. The smallest absolute Gasteiger partial charge is 0.224 e. The average molecular weight is 296 g/mol. The second kappa shape index (κ2) is 5.80. The molecule has 0 aromatic rings. The molecule has 1 aliphatic rings. The Hall–Kier alpha value is -0.160. The fourth-order valence-corrected chi connectivity index (χ4v) is 3.23. The maximum absolute atomic E-state index is 11.5. The zero-order valence-electron chi connectivity index (χ0n) is 8.39. The van der Waals surface area contributed by atoms with Crippen LogP contribution in [0.4, 0.5) is 0 Å². The van der Waals surface area contributed by atoms with Crippen LogP contribution in [0.1, 0.15) is 6.42 Å². The zero-order valence-corrected chi connectivity index (χ0v) is 10.8. The Balaban J connectivity index is 2.40. The van der Waals surface area contributed by atoms with Gasteiger partial charge in [0.15, 0.2) is 0 Å². The van der Waals surface area contributed by atoms with Crippen LogP contribution in [0.2, 0.25) is 0 Å². The van der Waals surface area contributed by atoms with Crippen LogP contribution in [0, 0.1) is 11.3 Å². The molecule has 0 bridgehead atoms. The highest BCUT2D eigenvalue weighted by Gasteiger charge is 2.25. The number of nitriles is 1. The first kappa shape index (κ1) is 12.9. The van der Waals surface area contributed by atoms with E-state index in [1.54, 1.807) is 0 Å². The van der Waals surface area contributed by atoms with Crippen molar-refractivity contribution in [1.29, 1.82) is 5.26 Å². The van der Waals surface area contributed by atoms with E-state index in [0.717, 1.165) is 6.54 Å². The van der Waals surface area contributed by atoms with Gasteiger partial charge in [-0.15, -0.1) is 0 Å². The van der Waals surface area contributed by atoms with Gasteiger partial charge >= 0.3 is 0 Å². The topological polar surface area (TPSA) is 64.4 Å². The number of sulfonamides is 1. The van der Waals surface area contributed by atoms with Gasteiger partial charge in [-0.2, -0.15) is 9.57 Å². The first-order chi connectivity index (χ1) is 7.10. The van der Waals surface area contributed by atoms with Crippen molar-refractivity contribution in [3.8, 4) is 6.07 Å². The molecular formula is C8H14BrN3O2S. The minimum Gasteiger partial charge on any atom is -0.300 e. The summed E-state index contributed by atoms with van der Waals surface area (Å²) < 4.78 is 24.4. The molecule has 15 heavy (non-hydrogen) atoms. The van der Waals surface area contributed by atoms with E-state index in [1.807, 2.05) is 0 Å². The molecule has 1 rings (SSSR count). The van der Waals surface area contributed by atoms with Crippen molar-refractivity contribution in [2.45, 2.75) is 6.42 Å². The molecule has 7 heteroatoms. The molecule has 0 spiro atoms. The van der Waals surface area contributed by atoms with E-state index in [9.17, 15) is 8.42 Å². The van der Waals surface area contributed by atoms with Crippen LogP contribution in [0.15, 0.2) is 0 Å². The van der Waals surface area contributed by atoms with Gasteiger partial charge in [0.25, 0.3) is 0 Å². The molecule has 0 radical (unpaired) electrons. The Kier molecular flexibility index (Phi) is 4.99. The van der Waals surface area contributed by atoms with Gasteiger partial charge in [-0.1, -0.05) is 15.9 Å². The minimum absolute atomic E-state index is 0.0157. The Morgan fingerprint density at radius 2 is 1.87 bits per heavy atom. The molecule has 1 heterocycles. The lowest BCUT2D eigenvalue weighted by Gasteiger charge is -2.33. The molecular weight excluding hydrogens is 282 g/mol. The molecule has 0 aromatic heterocycles. The summed E-state index contributed by atoms with van der Waals surface area (Å²) in [5.74, 6) is 0. The third-order valence-electron chi connectivity index (χ3n) is 2.40. The van der Waals surface area contributed by atoms with Crippen LogP contribution >= 0.6 is 15.9 Å². The number of halogens is 1. The van der Waals surface area contributed by atoms with Gasteiger partial charge in [-0.05, 0) is 0 Å². The summed E-state index contributed by atoms with van der Waals surface area (Å²) in [4.78, 5) is 2.11. The highest BCUT2D eigenvalue weighted by Crippen LogP contribution is 2.09. The Labute approximate surface area is 98.8 Å². The van der Waals surface area contributed by atoms with E-state index in [-0.39, 0.29) is 4.66 Å². The van der Waals surface area contributed by atoms with Gasteiger partial charge in [-0.3, -0.25) is 4.90 Å². The highest BCUT2D eigenvalue weighted by atomic mass is 79.9. The third kappa shape index (κ3) is 3.72. The molecule has 1 saturated heterocycles. The summed E-state index contributed by atoms with van der Waals surface area (Å²) in [7, 11) is -3.11. The monoisotopic (exact) mass is 295 g/mol. The maximum Gasteiger partial charge on any atom is 0.224 e. The van der Waals surface area contributed by atoms with Gasteiger partial charge < -0.3 is 0 Å². The maximum atomic E-state index is 11.5. The fourth-order valence-electron chi connectivity index (χ4n) is 1.51. The summed E-state index contributed by atoms with van der Waals surface area (Å²) >= 11 is 2.98. The zero-order chi connectivity index (χ0) is 11.3. The number of hydrogen-bond acceptors (Lipinski definition) is 4. The second-order valence-electron chi connectivity index (χ2n) is 3.37. The average Bonchev–Trinajstić information content (AvgIpc) is 2.27. The van der Waals surface area contributed by atoms with Crippen molar-refractivity contribution in [3.63, 3.8) is 0 Å². The van der Waals surface area contributed by atoms with Crippen molar-refractivity contribution in [1.82, 2.24) is 9.21 Å². The van der Waals surface area contributed by atoms with Crippen molar-refractivity contribution in [2.75, 3.05) is 37.4 Å². The Bertz CT molecular complexity index is 330. The van der Waals surface area contributed by atoms with Gasteiger partial charge in [0.05, 0.1) is 6.07 Å². The summed E-state index contributed by atoms with van der Waals surface area (Å²) in [5.41, 5.74) is 0. The number of nitrogens with zero attached hydrogens (tertiary/aromatic N) is 3. The largest absolute Gasteiger partial charge is 0.300 e. The molecule has 5 nitrogen and oxygen atoms in total. The number of alkyl halides is 1. The van der Waals surface area contributed by atoms with Crippen LogP contribution in [-0.4, -0.2) is 55.0 Å². The van der Waals surface area contributed by atoms with Crippen LogP contribution in [0.5, 0.6) is 0 Å². The molecule has 0 aromatic carbocycles. The summed E-state index contributed by atoms with van der Waals surface area (Å²) in [5, 5.41) is 8.43. The standard InChI is InChI=1S/C8H14BrN3O2S/c9-8-15(13,14)12-6-4-11(5-7-12)3-1-2-10/h1,3-8H2. The van der Waals surface area contributed by atoms with E-state index in [4.69, 9.17) is 5.26 Å². The van der Waals surface area contributed by atoms with E-state index < -0.39 is 10.0 Å². The van der Waals surface area contributed by atoms with Crippen LogP contribution < -0.4 is 0 Å². The summed E-state index contributed by atoms with van der Waals surface area (Å²) in [6.07, 6.45) is 0.505. The Morgan fingerprint density at radius 1 is 1.27 bits per heavy atom. The molecule has 0 atom stereocenters. The van der Waals surface area contributed by atoms with Crippen molar-refractivity contribution < 1.29 is 8.42 Å². The van der Waals surface area contributed by atoms with Gasteiger partial charge in [0.2, 0.25) is 10.0 Å². The van der Waals surface area contributed by atoms with Crippen LogP contribution in [-0.2, 0) is 10.0 Å². The predicted molar refractivity (Wildman–Crippen MR) is 61.0 cm³/mol. The molecule has 0 unspecified atom stereocenters. The molecule has 0 aliphatic carbocycles. The predicted octanol–water partition coefficient (Wildman–Crippen LogP) is 0.200. The number of rotatable bonds is 4. The number of piperazine rings is 1. The fraction of sp³-hybridized carbons (Fsp3) is 0.875. The lowest BCUT2D eigenvalue weighted by Crippen LogP contribution is -2.48. The molecule has 0 saturated carbocycles. The van der Waals surface area contributed by atoms with Crippen LogP contribution in [0.25, 0.3) is 0 Å². The second-order valence-corrected chi connectivity index (χ2v) is 6.64. The summed E-state index contributed by atoms with van der Waals surface area (Å²) in [6.45, 7) is 3.22. The summed E-state index contributed by atoms with van der Waals surface area (Å²) in [6, 6.07) is 2.09. The van der Waals surface area contributed by atoms with Crippen molar-refractivity contribution >= 4 is 26.0 Å². The number of hydrogen-bond donors (Lipinski definition) is 0. The highest BCUT2D eigenvalue weighted by molar-refractivity contribution is 9.10. The lowest BCUT2D eigenvalue weighted by atomic mass is 10.3. The first-order valence-electron chi connectivity index (χ1n) is 4.73. The van der Waals surface area contributed by atoms with E-state index in [0.29, 0.717) is 32.6 Å². The van der Waals surface area contributed by atoms with Crippen molar-refractivity contribution in [2.24, 2.45) is 0 Å². The third-order valence-corrected chi connectivity index (χ3v) is 5.57. The first-order valence-corrected chi connectivity index (χ1v) is 7.46. The molecule has 0 amide bonds. The van der Waals surface area contributed by atoms with Crippen molar-refractivity contribution in [3.05, 3.63) is 0 Å². The van der Waals surface area contributed by atoms with Crippen LogP contribution in [0.3, 0.4) is 0 Å². The van der Waals surface area contributed by atoms with E-state index >= 15 is 0 Å². The van der Waals surface area contributed by atoms with E-state index in [1.165, 1.54) is 4.31 Å². The minimum atomic E-state index is -3.11. The van der Waals surface area contributed by atoms with Gasteiger partial charge in [0.1, 0.15) is 4.66 Å². The van der Waals surface area contributed by atoms with Gasteiger partial charge in [-0.25, -0.2) is 8.42 Å². The Morgan fingerprint density at radius 3 is 2.33 bits per heavy atom. The normalized spacial score (nSPS) is 20.0. The SMILES string of the molecule is N#CCCN1CCN(S(=O)(=O)CBr)CC1. The molecule has 86 valence electrons. The molecule has 1 fully saturated rings.